The number of rotatable bonds is 3. The van der Waals surface area contributed by atoms with Crippen molar-refractivity contribution in [2.45, 2.75) is 0 Å². The van der Waals surface area contributed by atoms with Crippen molar-refractivity contribution in [3.05, 3.63) is 11.8 Å². The summed E-state index contributed by atoms with van der Waals surface area (Å²) in [6, 6.07) is 3.46. The Morgan fingerprint density at radius 1 is 1.14 bits per heavy atom. The first-order valence-electron chi connectivity index (χ1n) is 3.84. The predicted molar refractivity (Wildman–Crippen MR) is 48.6 cm³/mol. The van der Waals surface area contributed by atoms with Crippen LogP contribution >= 0.6 is 0 Å². The van der Waals surface area contributed by atoms with Crippen LogP contribution in [0.25, 0.3) is 0 Å². The van der Waals surface area contributed by atoms with Crippen LogP contribution < -0.4 is 14.2 Å². The van der Waals surface area contributed by atoms with E-state index in [4.69, 9.17) is 19.5 Å². The molecule has 0 aliphatic rings. The topological polar surface area (TPSA) is 64.4 Å². The molecule has 1 heterocycles. The first kappa shape index (κ1) is 10.1. The highest BCUT2D eigenvalue weighted by atomic mass is 16.5. The summed E-state index contributed by atoms with van der Waals surface area (Å²) in [6.45, 7) is 0. The van der Waals surface area contributed by atoms with E-state index >= 15 is 0 Å². The van der Waals surface area contributed by atoms with E-state index in [0.717, 1.165) is 0 Å². The molecule has 1 rings (SSSR count). The quantitative estimate of drug-likeness (QED) is 0.717. The summed E-state index contributed by atoms with van der Waals surface area (Å²) < 4.78 is 14.9. The van der Waals surface area contributed by atoms with Gasteiger partial charge in [0.2, 0.25) is 0 Å². The number of nitrogens with zero attached hydrogens (tertiary/aromatic N) is 2. The highest BCUT2D eigenvalue weighted by Crippen LogP contribution is 2.30. The number of nitriles is 1. The lowest BCUT2D eigenvalue weighted by Crippen LogP contribution is -1.98. The summed E-state index contributed by atoms with van der Waals surface area (Å²) in [7, 11) is 4.41. The highest BCUT2D eigenvalue weighted by Gasteiger charge is 2.12. The van der Waals surface area contributed by atoms with Crippen LogP contribution in [0, 0.1) is 11.3 Å². The zero-order valence-electron chi connectivity index (χ0n) is 8.20. The molecule has 0 unspecified atom stereocenters. The monoisotopic (exact) mass is 194 g/mol. The largest absolute Gasteiger partial charge is 0.494 e. The molecule has 0 spiro atoms. The average molecular weight is 194 g/mol. The molecular weight excluding hydrogens is 184 g/mol. The van der Waals surface area contributed by atoms with Gasteiger partial charge in [-0.05, 0) is 0 Å². The second-order valence-electron chi connectivity index (χ2n) is 2.36. The second-order valence-corrected chi connectivity index (χ2v) is 2.36. The molecule has 5 nitrogen and oxygen atoms in total. The number of aromatic nitrogens is 1. The molecule has 0 aromatic carbocycles. The molecule has 0 N–H and O–H groups in total. The molecule has 0 saturated carbocycles. The summed E-state index contributed by atoms with van der Waals surface area (Å²) in [5.74, 6) is 1.07. The van der Waals surface area contributed by atoms with Crippen LogP contribution in [0.4, 0.5) is 0 Å². The van der Waals surface area contributed by atoms with Crippen molar-refractivity contribution >= 4 is 0 Å². The van der Waals surface area contributed by atoms with E-state index in [1.165, 1.54) is 21.3 Å². The van der Waals surface area contributed by atoms with Gasteiger partial charge < -0.3 is 14.2 Å². The Hall–Kier alpha value is -1.96. The van der Waals surface area contributed by atoms with Crippen molar-refractivity contribution in [2.24, 2.45) is 0 Å². The van der Waals surface area contributed by atoms with Crippen molar-refractivity contribution in [1.82, 2.24) is 4.98 Å². The van der Waals surface area contributed by atoms with Crippen LogP contribution in [0.3, 0.4) is 0 Å². The van der Waals surface area contributed by atoms with Crippen molar-refractivity contribution in [3.8, 4) is 23.4 Å². The lowest BCUT2D eigenvalue weighted by Gasteiger charge is -2.08. The molecule has 14 heavy (non-hydrogen) atoms. The van der Waals surface area contributed by atoms with Crippen molar-refractivity contribution in [1.29, 1.82) is 5.26 Å². The Bertz CT molecular complexity index is 371. The fourth-order valence-corrected chi connectivity index (χ4v) is 0.989. The van der Waals surface area contributed by atoms with Gasteiger partial charge in [-0.3, -0.25) is 0 Å². The van der Waals surface area contributed by atoms with Crippen LogP contribution in [0.15, 0.2) is 6.07 Å². The van der Waals surface area contributed by atoms with Crippen LogP contribution in [0.2, 0.25) is 0 Å². The minimum Gasteiger partial charge on any atom is -0.494 e. The Morgan fingerprint density at radius 2 is 1.79 bits per heavy atom. The lowest BCUT2D eigenvalue weighted by atomic mass is 10.3. The molecule has 0 aliphatic heterocycles. The van der Waals surface area contributed by atoms with E-state index in [1.807, 2.05) is 6.07 Å². The smallest absolute Gasteiger partial charge is 0.258 e. The zero-order chi connectivity index (χ0) is 10.6. The molecule has 5 heteroatoms. The maximum atomic E-state index is 8.74. The first-order chi connectivity index (χ1) is 6.76. The van der Waals surface area contributed by atoms with Gasteiger partial charge in [-0.25, -0.2) is 0 Å². The van der Waals surface area contributed by atoms with Crippen LogP contribution in [0.5, 0.6) is 17.4 Å². The molecule has 0 aliphatic carbocycles. The summed E-state index contributed by atoms with van der Waals surface area (Å²) in [5, 5.41) is 8.74. The summed E-state index contributed by atoms with van der Waals surface area (Å²) in [4.78, 5) is 3.92. The van der Waals surface area contributed by atoms with Gasteiger partial charge in [-0.15, -0.1) is 0 Å². The van der Waals surface area contributed by atoms with Gasteiger partial charge in [0.1, 0.15) is 6.07 Å². The third-order valence-electron chi connectivity index (χ3n) is 1.66. The maximum absolute atomic E-state index is 8.74. The molecule has 74 valence electrons. The van der Waals surface area contributed by atoms with Gasteiger partial charge in [0.05, 0.1) is 21.3 Å². The lowest BCUT2D eigenvalue weighted by molar-refractivity contribution is 0.335. The van der Waals surface area contributed by atoms with Gasteiger partial charge >= 0.3 is 0 Å². The fourth-order valence-electron chi connectivity index (χ4n) is 0.989. The molecular formula is C9H10N2O3. The van der Waals surface area contributed by atoms with Gasteiger partial charge in [-0.2, -0.15) is 10.2 Å². The molecule has 0 amide bonds. The van der Waals surface area contributed by atoms with Crippen molar-refractivity contribution in [3.63, 3.8) is 0 Å². The summed E-state index contributed by atoms with van der Waals surface area (Å²) >= 11 is 0. The number of ether oxygens (including phenoxy) is 3. The Balaban J connectivity index is 3.30. The molecule has 0 atom stereocenters. The third-order valence-corrected chi connectivity index (χ3v) is 1.66. The van der Waals surface area contributed by atoms with Crippen LogP contribution in [0.1, 0.15) is 5.69 Å². The van der Waals surface area contributed by atoms with E-state index in [9.17, 15) is 0 Å². The molecule has 0 fully saturated rings. The number of hydrogen-bond donors (Lipinski definition) is 0. The molecule has 0 bridgehead atoms. The number of methoxy groups -OCH3 is 3. The second kappa shape index (κ2) is 4.33. The SMILES string of the molecule is COc1cc(OC)c(OC)nc1C#N. The minimum atomic E-state index is 0.171. The first-order valence-corrected chi connectivity index (χ1v) is 3.84. The Labute approximate surface area is 81.8 Å². The minimum absolute atomic E-state index is 0.171. The molecule has 0 saturated heterocycles. The third kappa shape index (κ3) is 1.69. The van der Waals surface area contributed by atoms with E-state index in [0.29, 0.717) is 11.5 Å². The number of pyridine rings is 1. The number of hydrogen-bond acceptors (Lipinski definition) is 5. The van der Waals surface area contributed by atoms with E-state index < -0.39 is 0 Å². The van der Waals surface area contributed by atoms with E-state index in [1.54, 1.807) is 6.07 Å². The van der Waals surface area contributed by atoms with E-state index in [2.05, 4.69) is 4.98 Å². The van der Waals surface area contributed by atoms with Gasteiger partial charge in [0.25, 0.3) is 5.88 Å². The highest BCUT2D eigenvalue weighted by molar-refractivity contribution is 5.47. The normalized spacial score (nSPS) is 9.00. The fraction of sp³-hybridized carbons (Fsp3) is 0.333. The summed E-state index contributed by atoms with van der Waals surface area (Å²) in [6.07, 6.45) is 0. The summed E-state index contributed by atoms with van der Waals surface area (Å²) in [5.41, 5.74) is 0.171. The van der Waals surface area contributed by atoms with Gasteiger partial charge in [0, 0.05) is 6.07 Å². The van der Waals surface area contributed by atoms with Crippen molar-refractivity contribution in [2.75, 3.05) is 21.3 Å². The Morgan fingerprint density at radius 3 is 2.21 bits per heavy atom. The molecule has 1 aromatic heterocycles. The van der Waals surface area contributed by atoms with Crippen LogP contribution in [-0.4, -0.2) is 26.3 Å². The van der Waals surface area contributed by atoms with Crippen LogP contribution in [-0.2, 0) is 0 Å². The van der Waals surface area contributed by atoms with Crippen molar-refractivity contribution < 1.29 is 14.2 Å². The molecule has 0 radical (unpaired) electrons. The average Bonchev–Trinajstić information content (AvgIpc) is 2.26. The van der Waals surface area contributed by atoms with Gasteiger partial charge in [-0.1, -0.05) is 0 Å². The van der Waals surface area contributed by atoms with E-state index in [-0.39, 0.29) is 11.6 Å². The molecule has 1 aromatic rings. The zero-order valence-corrected chi connectivity index (χ0v) is 8.20. The van der Waals surface area contributed by atoms with Gasteiger partial charge in [0.15, 0.2) is 17.2 Å². The predicted octanol–water partition coefficient (Wildman–Crippen LogP) is 0.979. The standard InChI is InChI=1S/C9H10N2O3/c1-12-7-4-8(13-2)9(14-3)11-6(7)5-10/h4H,1-3H3. The maximum Gasteiger partial charge on any atom is 0.258 e. The Kier molecular flexibility index (Phi) is 3.13.